The summed E-state index contributed by atoms with van der Waals surface area (Å²) in [5, 5.41) is 7.12. The van der Waals surface area contributed by atoms with Crippen LogP contribution >= 0.6 is 11.6 Å². The summed E-state index contributed by atoms with van der Waals surface area (Å²) in [5.74, 6) is 0. The zero-order valence-corrected chi connectivity index (χ0v) is 11.3. The van der Waals surface area contributed by atoms with Crippen LogP contribution in [0.15, 0.2) is 47.4 Å². The molecule has 0 bridgehead atoms. The third-order valence-corrected chi connectivity index (χ3v) is 2.96. The Kier molecular flexibility index (Phi) is 4.36. The standard InChI is InChI=1S/C14H14ClN3O/c1-18-14(19)13(15)12(10-17-18)16-9-5-8-11-6-3-2-4-7-11/h2-8,10,16H,9H2,1H3/b8-5+. The molecular weight excluding hydrogens is 262 g/mol. The molecule has 0 saturated heterocycles. The van der Waals surface area contributed by atoms with Crippen molar-refractivity contribution in [3.05, 3.63) is 63.5 Å². The van der Waals surface area contributed by atoms with Crippen molar-refractivity contribution in [2.24, 2.45) is 7.05 Å². The summed E-state index contributed by atoms with van der Waals surface area (Å²) in [5.41, 5.74) is 1.36. The van der Waals surface area contributed by atoms with E-state index in [0.717, 1.165) is 5.56 Å². The molecule has 1 N–H and O–H groups in total. The Morgan fingerprint density at radius 3 is 2.84 bits per heavy atom. The lowest BCUT2D eigenvalue weighted by Gasteiger charge is -2.05. The summed E-state index contributed by atoms with van der Waals surface area (Å²) in [7, 11) is 1.56. The first-order valence-corrected chi connectivity index (χ1v) is 6.23. The number of nitrogens with zero attached hydrogens (tertiary/aromatic N) is 2. The highest BCUT2D eigenvalue weighted by Crippen LogP contribution is 2.14. The first kappa shape index (κ1) is 13.4. The van der Waals surface area contributed by atoms with Crippen molar-refractivity contribution in [1.29, 1.82) is 0 Å². The van der Waals surface area contributed by atoms with E-state index in [9.17, 15) is 4.79 Å². The smallest absolute Gasteiger partial charge is 0.287 e. The topological polar surface area (TPSA) is 46.9 Å². The molecule has 5 heteroatoms. The number of aryl methyl sites for hydroxylation is 1. The Hall–Kier alpha value is -2.07. The second-order valence-electron chi connectivity index (χ2n) is 3.99. The zero-order chi connectivity index (χ0) is 13.7. The SMILES string of the molecule is Cn1ncc(NC/C=C/c2ccccc2)c(Cl)c1=O. The molecule has 19 heavy (non-hydrogen) atoms. The highest BCUT2D eigenvalue weighted by atomic mass is 35.5. The summed E-state index contributed by atoms with van der Waals surface area (Å²) in [6.45, 7) is 0.573. The van der Waals surface area contributed by atoms with Gasteiger partial charge in [-0.1, -0.05) is 54.1 Å². The minimum atomic E-state index is -0.307. The predicted octanol–water partition coefficient (Wildman–Crippen LogP) is 2.56. The Labute approximate surface area is 116 Å². The molecule has 0 radical (unpaired) electrons. The fourth-order valence-electron chi connectivity index (χ4n) is 1.56. The van der Waals surface area contributed by atoms with Crippen LogP contribution in [0, 0.1) is 0 Å². The van der Waals surface area contributed by atoms with Crippen LogP contribution in [0.3, 0.4) is 0 Å². The quantitative estimate of drug-likeness (QED) is 0.933. The van der Waals surface area contributed by atoms with Crippen LogP contribution in [-0.2, 0) is 7.05 Å². The van der Waals surface area contributed by atoms with E-state index in [1.165, 1.54) is 4.68 Å². The van der Waals surface area contributed by atoms with Crippen LogP contribution in [0.5, 0.6) is 0 Å². The lowest BCUT2D eigenvalue weighted by Crippen LogP contribution is -2.21. The van der Waals surface area contributed by atoms with E-state index < -0.39 is 0 Å². The summed E-state index contributed by atoms with van der Waals surface area (Å²) in [4.78, 5) is 11.6. The largest absolute Gasteiger partial charge is 0.379 e. The average molecular weight is 276 g/mol. The highest BCUT2D eigenvalue weighted by molar-refractivity contribution is 6.32. The maximum atomic E-state index is 11.6. The molecule has 0 amide bonds. The Morgan fingerprint density at radius 2 is 2.11 bits per heavy atom. The molecule has 2 aromatic rings. The third kappa shape index (κ3) is 3.45. The lowest BCUT2D eigenvalue weighted by atomic mass is 10.2. The number of benzene rings is 1. The van der Waals surface area contributed by atoms with Crippen molar-refractivity contribution in [2.75, 3.05) is 11.9 Å². The first-order chi connectivity index (χ1) is 9.18. The molecular formula is C14H14ClN3O. The molecule has 0 saturated carbocycles. The van der Waals surface area contributed by atoms with E-state index in [4.69, 9.17) is 11.6 Å². The Morgan fingerprint density at radius 1 is 1.37 bits per heavy atom. The van der Waals surface area contributed by atoms with E-state index in [1.807, 2.05) is 42.5 Å². The minimum absolute atomic E-state index is 0.158. The van der Waals surface area contributed by atoms with E-state index in [-0.39, 0.29) is 10.6 Å². The van der Waals surface area contributed by atoms with Gasteiger partial charge in [-0.05, 0) is 5.56 Å². The second kappa shape index (κ2) is 6.20. The molecule has 4 nitrogen and oxygen atoms in total. The van der Waals surface area contributed by atoms with Crippen molar-refractivity contribution in [2.45, 2.75) is 0 Å². The van der Waals surface area contributed by atoms with E-state index in [0.29, 0.717) is 12.2 Å². The molecule has 1 aromatic carbocycles. The van der Waals surface area contributed by atoms with Crippen molar-refractivity contribution in [3.8, 4) is 0 Å². The molecule has 0 spiro atoms. The predicted molar refractivity (Wildman–Crippen MR) is 78.5 cm³/mol. The van der Waals surface area contributed by atoms with E-state index >= 15 is 0 Å². The molecule has 2 rings (SSSR count). The van der Waals surface area contributed by atoms with Gasteiger partial charge in [0.05, 0.1) is 11.9 Å². The van der Waals surface area contributed by atoms with Crippen molar-refractivity contribution in [1.82, 2.24) is 9.78 Å². The Bertz CT molecular complexity index is 635. The number of anilines is 1. The number of hydrogen-bond acceptors (Lipinski definition) is 3. The van der Waals surface area contributed by atoms with Gasteiger partial charge >= 0.3 is 0 Å². The molecule has 0 aliphatic heterocycles. The summed E-state index contributed by atoms with van der Waals surface area (Å²) in [6.07, 6.45) is 5.50. The molecule has 98 valence electrons. The van der Waals surface area contributed by atoms with Crippen LogP contribution in [0.4, 0.5) is 5.69 Å². The van der Waals surface area contributed by atoms with Crippen molar-refractivity contribution >= 4 is 23.4 Å². The van der Waals surface area contributed by atoms with Gasteiger partial charge in [0.1, 0.15) is 5.02 Å². The van der Waals surface area contributed by atoms with Crippen LogP contribution in [-0.4, -0.2) is 16.3 Å². The molecule has 0 atom stereocenters. The number of nitrogens with one attached hydrogen (secondary N) is 1. The summed E-state index contributed by atoms with van der Waals surface area (Å²) in [6, 6.07) is 9.97. The van der Waals surface area contributed by atoms with Gasteiger partial charge in [-0.2, -0.15) is 5.10 Å². The van der Waals surface area contributed by atoms with E-state index in [1.54, 1.807) is 13.2 Å². The fourth-order valence-corrected chi connectivity index (χ4v) is 1.80. The van der Waals surface area contributed by atoms with Gasteiger partial charge in [-0.3, -0.25) is 4.79 Å². The van der Waals surface area contributed by atoms with Crippen LogP contribution in [0.2, 0.25) is 5.02 Å². The Balaban J connectivity index is 1.99. The monoisotopic (exact) mass is 275 g/mol. The summed E-state index contributed by atoms with van der Waals surface area (Å²) >= 11 is 5.93. The van der Waals surface area contributed by atoms with Gasteiger partial charge < -0.3 is 5.32 Å². The van der Waals surface area contributed by atoms with Gasteiger partial charge in [0.2, 0.25) is 0 Å². The number of hydrogen-bond donors (Lipinski definition) is 1. The molecule has 0 aliphatic rings. The van der Waals surface area contributed by atoms with Gasteiger partial charge in [0.15, 0.2) is 0 Å². The molecule has 0 aliphatic carbocycles. The number of halogens is 1. The highest BCUT2D eigenvalue weighted by Gasteiger charge is 2.05. The maximum Gasteiger partial charge on any atom is 0.287 e. The van der Waals surface area contributed by atoms with Gasteiger partial charge in [-0.15, -0.1) is 0 Å². The molecule has 0 unspecified atom stereocenters. The third-order valence-electron chi connectivity index (χ3n) is 2.60. The lowest BCUT2D eigenvalue weighted by molar-refractivity contribution is 0.708. The zero-order valence-electron chi connectivity index (χ0n) is 10.5. The molecule has 1 heterocycles. The average Bonchev–Trinajstić information content (AvgIpc) is 2.44. The fraction of sp³-hybridized carbons (Fsp3) is 0.143. The number of aromatic nitrogens is 2. The van der Waals surface area contributed by atoms with Crippen molar-refractivity contribution in [3.63, 3.8) is 0 Å². The van der Waals surface area contributed by atoms with E-state index in [2.05, 4.69) is 10.4 Å². The molecule has 1 aromatic heterocycles. The maximum absolute atomic E-state index is 11.6. The second-order valence-corrected chi connectivity index (χ2v) is 4.37. The minimum Gasteiger partial charge on any atom is -0.379 e. The first-order valence-electron chi connectivity index (χ1n) is 5.86. The van der Waals surface area contributed by atoms with Crippen LogP contribution in [0.25, 0.3) is 6.08 Å². The van der Waals surface area contributed by atoms with Gasteiger partial charge in [0.25, 0.3) is 5.56 Å². The normalized spacial score (nSPS) is 10.8. The van der Waals surface area contributed by atoms with Crippen LogP contribution < -0.4 is 10.9 Å². The summed E-state index contributed by atoms with van der Waals surface area (Å²) < 4.78 is 1.20. The van der Waals surface area contributed by atoms with Gasteiger partial charge in [-0.25, -0.2) is 4.68 Å². The number of rotatable bonds is 4. The molecule has 0 fully saturated rings. The van der Waals surface area contributed by atoms with Gasteiger partial charge in [0, 0.05) is 13.6 Å². The van der Waals surface area contributed by atoms with Crippen molar-refractivity contribution < 1.29 is 0 Å². The van der Waals surface area contributed by atoms with Crippen LogP contribution in [0.1, 0.15) is 5.56 Å².